The molecule has 8 N–H and O–H groups in total. The first-order chi connectivity index (χ1) is 45.0. The minimum Gasteiger partial charge on any atom is -0.507 e. The SMILES string of the molecule is COC(=O)[C@@H]1CSSC[C@H](C(=O)OC)NC(=O)[C@@H](Cc2ccccc2)N2Cc3cc(C)cc(c3O)Cc3cc(C)cc(c3O)Cc3cc(C)cc(c3O)CN(Cc3cc(C)cc(c3O)Cc3cc(C)cc(c3O)Cc3cc(C)cc(c3O)C2)[C@@H](Cc2ccccc2)C(=O)N1. The molecule has 0 saturated carbocycles. The van der Waals surface area contributed by atoms with Crippen molar-refractivity contribution in [3.05, 3.63) is 245 Å². The van der Waals surface area contributed by atoms with Crippen LogP contribution in [0.25, 0.3) is 0 Å². The first-order valence-electron chi connectivity index (χ1n) is 31.5. The number of carbonyl (C=O) groups is 4. The topological polar surface area (TPSA) is 239 Å². The summed E-state index contributed by atoms with van der Waals surface area (Å²) in [7, 11) is 4.80. The van der Waals surface area contributed by atoms with Gasteiger partial charge in [0.1, 0.15) is 46.6 Å². The van der Waals surface area contributed by atoms with Crippen molar-refractivity contribution in [2.75, 3.05) is 25.7 Å². The average molecular weight is 1310 g/mol. The molecule has 0 radical (unpaired) electrons. The first kappa shape index (κ1) is 67.9. The quantitative estimate of drug-likeness (QED) is 0.0571. The van der Waals surface area contributed by atoms with Gasteiger partial charge in [0, 0.05) is 85.6 Å². The summed E-state index contributed by atoms with van der Waals surface area (Å²) in [4.78, 5) is 62.9. The number of fused-ring (bicyclic) bond motifs is 25. The number of ether oxygens (including phenoxy) is 2. The summed E-state index contributed by atoms with van der Waals surface area (Å²) in [5, 5.41) is 81.7. The van der Waals surface area contributed by atoms with Crippen molar-refractivity contribution in [3.63, 3.8) is 0 Å². The molecule has 18 heteroatoms. The Bertz CT molecular complexity index is 3710. The van der Waals surface area contributed by atoms with Crippen LogP contribution in [-0.4, -0.2) is 114 Å². The molecule has 4 atom stereocenters. The van der Waals surface area contributed by atoms with Gasteiger partial charge in [0.15, 0.2) is 0 Å². The maximum Gasteiger partial charge on any atom is 0.329 e. The number of carbonyl (C=O) groups excluding carboxylic acids is 4. The molecule has 0 aliphatic carbocycles. The Kier molecular flexibility index (Phi) is 21.7. The lowest BCUT2D eigenvalue weighted by Crippen LogP contribution is -2.53. The summed E-state index contributed by atoms with van der Waals surface area (Å²) in [6.07, 6.45) is 0.514. The van der Waals surface area contributed by atoms with Gasteiger partial charge < -0.3 is 50.7 Å². The van der Waals surface area contributed by atoms with Gasteiger partial charge in [0.25, 0.3) is 0 Å². The molecular formula is C76H82N4O12S2. The van der Waals surface area contributed by atoms with Crippen LogP contribution in [0, 0.1) is 41.5 Å². The second kappa shape index (κ2) is 30.0. The van der Waals surface area contributed by atoms with Crippen molar-refractivity contribution in [2.45, 2.75) is 130 Å². The Morgan fingerprint density at radius 3 is 0.851 bits per heavy atom. The Labute approximate surface area is 557 Å². The van der Waals surface area contributed by atoms with E-state index in [-0.39, 0.29) is 111 Å². The number of nitrogens with zero attached hydrogens (tertiary/aromatic N) is 2. The summed E-state index contributed by atoms with van der Waals surface area (Å²) >= 11 is 0. The lowest BCUT2D eigenvalue weighted by molar-refractivity contribution is -0.145. The second-order valence-corrected chi connectivity index (χ2v) is 27.8. The summed E-state index contributed by atoms with van der Waals surface area (Å²) in [5.74, 6) is -3.11. The van der Waals surface area contributed by atoms with Crippen molar-refractivity contribution >= 4 is 45.3 Å². The van der Waals surface area contributed by atoms with Crippen LogP contribution in [-0.2, 0) is 93.4 Å². The number of methoxy groups -OCH3 is 2. The summed E-state index contributed by atoms with van der Waals surface area (Å²) < 4.78 is 10.7. The molecule has 0 saturated heterocycles. The van der Waals surface area contributed by atoms with Crippen LogP contribution in [0.2, 0.25) is 0 Å². The fourth-order valence-corrected chi connectivity index (χ4v) is 15.6. The third-order valence-electron chi connectivity index (χ3n) is 17.7. The molecule has 2 heterocycles. The van der Waals surface area contributed by atoms with Gasteiger partial charge in [-0.25, -0.2) is 9.59 Å². The summed E-state index contributed by atoms with van der Waals surface area (Å²) in [6.45, 7) is 11.2. The van der Waals surface area contributed by atoms with Crippen LogP contribution in [0.1, 0.15) is 111 Å². The molecule has 2 aliphatic heterocycles. The molecule has 0 spiro atoms. The number of rotatable bonds is 6. The van der Waals surface area contributed by atoms with Gasteiger partial charge in [0.05, 0.1) is 26.3 Å². The van der Waals surface area contributed by atoms with Crippen LogP contribution in [0.4, 0.5) is 0 Å². The third kappa shape index (κ3) is 16.2. The molecule has 8 aromatic carbocycles. The van der Waals surface area contributed by atoms with Gasteiger partial charge in [-0.3, -0.25) is 19.4 Å². The molecule has 14 bridgehead atoms. The number of phenols is 6. The van der Waals surface area contributed by atoms with Crippen molar-refractivity contribution in [3.8, 4) is 34.5 Å². The van der Waals surface area contributed by atoms with Crippen molar-refractivity contribution in [2.24, 2.45) is 0 Å². The number of hydrogen-bond donors (Lipinski definition) is 8. The van der Waals surface area contributed by atoms with E-state index in [2.05, 4.69) is 10.6 Å². The molecule has 490 valence electrons. The van der Waals surface area contributed by atoms with E-state index in [0.29, 0.717) is 66.8 Å². The summed E-state index contributed by atoms with van der Waals surface area (Å²) in [6, 6.07) is 36.3. The van der Waals surface area contributed by atoms with Gasteiger partial charge in [-0.2, -0.15) is 0 Å². The van der Waals surface area contributed by atoms with Gasteiger partial charge >= 0.3 is 11.9 Å². The molecule has 0 aromatic heterocycles. The molecule has 16 nitrogen and oxygen atoms in total. The lowest BCUT2D eigenvalue weighted by Gasteiger charge is -2.33. The van der Waals surface area contributed by atoms with E-state index in [1.807, 2.05) is 185 Å². The van der Waals surface area contributed by atoms with E-state index in [0.717, 1.165) is 44.5 Å². The molecule has 10 rings (SSSR count). The van der Waals surface area contributed by atoms with E-state index in [1.54, 1.807) is 0 Å². The molecule has 0 fully saturated rings. The van der Waals surface area contributed by atoms with Crippen molar-refractivity contribution in [1.82, 2.24) is 20.4 Å². The Morgan fingerprint density at radius 2 is 0.617 bits per heavy atom. The molecule has 2 aliphatic rings. The maximum absolute atomic E-state index is 15.6. The minimum absolute atomic E-state index is 0.0359. The first-order valence-corrected chi connectivity index (χ1v) is 34.0. The van der Waals surface area contributed by atoms with Crippen LogP contribution < -0.4 is 10.6 Å². The number of benzene rings is 8. The number of nitrogens with one attached hydrogen (secondary N) is 2. The average Bonchev–Trinajstić information content (AvgIpc) is 0.810. The van der Waals surface area contributed by atoms with Crippen LogP contribution in [0.5, 0.6) is 34.5 Å². The fourth-order valence-electron chi connectivity index (χ4n) is 13.3. The standard InChI is InChI=1S/C76H82N4O12S2/c1-43-19-51-33-55-23-45(3)27-59(69(55)83)37-79-39-61-29-47(5)25-57(71(61)85)35-53-21-44(2)22-54(68(53)82)36-58-26-48(6)30-62(72(58)86)40-80(38-60-28-46(4)24-56(70(60)84)34-52(20-43)67(51)81)66(32-50-17-13-10-14-18-50)74(88)78-64(76(90)92-8)42-94-93-41-63(75(89)91-7)77-73(87)65(79)31-49-15-11-9-12-16-49/h9-30,63-66,81-86H,31-42H2,1-8H3,(H,77,87)(H,78,88)/t63-,64+,65-,66+. The molecule has 0 unspecified atom stereocenters. The zero-order valence-corrected chi connectivity index (χ0v) is 56.0. The van der Waals surface area contributed by atoms with E-state index >= 15 is 9.59 Å². The van der Waals surface area contributed by atoms with Crippen LogP contribution in [0.15, 0.2) is 133 Å². The van der Waals surface area contributed by atoms with Gasteiger partial charge in [-0.05, 0) is 110 Å². The highest BCUT2D eigenvalue weighted by molar-refractivity contribution is 8.76. The van der Waals surface area contributed by atoms with Crippen LogP contribution in [0.3, 0.4) is 0 Å². The van der Waals surface area contributed by atoms with E-state index in [1.165, 1.54) is 35.8 Å². The highest BCUT2D eigenvalue weighted by Crippen LogP contribution is 2.40. The largest absolute Gasteiger partial charge is 0.507 e. The van der Waals surface area contributed by atoms with Gasteiger partial charge in [0.2, 0.25) is 11.8 Å². The third-order valence-corrected chi connectivity index (χ3v) is 20.1. The lowest BCUT2D eigenvalue weighted by atomic mass is 9.91. The van der Waals surface area contributed by atoms with Crippen LogP contribution >= 0.6 is 21.6 Å². The van der Waals surface area contributed by atoms with E-state index in [9.17, 15) is 40.2 Å². The predicted octanol–water partition coefficient (Wildman–Crippen LogP) is 11.4. The monoisotopic (exact) mass is 1310 g/mol. The smallest absolute Gasteiger partial charge is 0.329 e. The van der Waals surface area contributed by atoms with Gasteiger partial charge in [-0.15, -0.1) is 0 Å². The van der Waals surface area contributed by atoms with Crippen molar-refractivity contribution in [1.29, 1.82) is 0 Å². The molecular weight excluding hydrogens is 1220 g/mol. The number of amides is 2. The van der Waals surface area contributed by atoms with Crippen molar-refractivity contribution < 1.29 is 59.3 Å². The molecule has 2 amide bonds. The Morgan fingerprint density at radius 1 is 0.394 bits per heavy atom. The predicted molar refractivity (Wildman–Crippen MR) is 367 cm³/mol. The zero-order chi connectivity index (χ0) is 67.1. The zero-order valence-electron chi connectivity index (χ0n) is 54.3. The summed E-state index contributed by atoms with van der Waals surface area (Å²) in [5.41, 5.74) is 12.1. The second-order valence-electron chi connectivity index (χ2n) is 25.3. The normalized spacial score (nSPS) is 19.2. The maximum atomic E-state index is 15.6. The van der Waals surface area contributed by atoms with E-state index < -0.39 is 47.9 Å². The Hall–Kier alpha value is -8.94. The minimum atomic E-state index is -1.25. The fraction of sp³-hybridized carbons (Fsp3) is 0.316. The number of hydrogen-bond acceptors (Lipinski definition) is 16. The number of aromatic hydroxyl groups is 6. The molecule has 8 aromatic rings. The highest BCUT2D eigenvalue weighted by atomic mass is 33.1. The number of aryl methyl sites for hydroxylation is 6. The van der Waals surface area contributed by atoms with Gasteiger partial charge in [-0.1, -0.05) is 188 Å². The number of phenolic OH excluding ortho intramolecular Hbond substituents is 6. The number of esters is 2. The Balaban J connectivity index is 1.24. The van der Waals surface area contributed by atoms with E-state index in [4.69, 9.17) is 9.47 Å². The highest BCUT2D eigenvalue weighted by Gasteiger charge is 2.36. The molecule has 94 heavy (non-hydrogen) atoms.